The summed E-state index contributed by atoms with van der Waals surface area (Å²) in [4.78, 5) is 4.26. The second kappa shape index (κ2) is 3.28. The summed E-state index contributed by atoms with van der Waals surface area (Å²) in [6.45, 7) is 4.11. The molecule has 4 nitrogen and oxygen atoms in total. The highest BCUT2D eigenvalue weighted by molar-refractivity contribution is 5.85. The van der Waals surface area contributed by atoms with Crippen molar-refractivity contribution in [1.82, 2.24) is 9.55 Å². The molecule has 15 heavy (non-hydrogen) atoms. The Hall–Kier alpha value is -2.02. The maximum absolute atomic E-state index is 8.99. The van der Waals surface area contributed by atoms with E-state index in [4.69, 9.17) is 11.0 Å². The van der Waals surface area contributed by atoms with Crippen molar-refractivity contribution in [1.29, 1.82) is 5.26 Å². The fraction of sp³-hybridized carbons (Fsp3) is 0.273. The minimum atomic E-state index is 0.283. The maximum Gasteiger partial charge on any atom is 0.141 e. The van der Waals surface area contributed by atoms with Gasteiger partial charge in [-0.1, -0.05) is 0 Å². The second-order valence-corrected chi connectivity index (χ2v) is 3.80. The van der Waals surface area contributed by atoms with E-state index < -0.39 is 0 Å². The number of rotatable bonds is 1. The van der Waals surface area contributed by atoms with Crippen LogP contribution in [0.1, 0.15) is 25.5 Å². The van der Waals surface area contributed by atoms with E-state index in [9.17, 15) is 0 Å². The molecule has 4 heteroatoms. The molecule has 0 aliphatic heterocycles. The Labute approximate surface area is 87.9 Å². The average molecular weight is 200 g/mol. The molecule has 2 N–H and O–H groups in total. The van der Waals surface area contributed by atoms with Gasteiger partial charge in [-0.25, -0.2) is 4.98 Å². The van der Waals surface area contributed by atoms with Crippen LogP contribution in [0.2, 0.25) is 0 Å². The molecule has 0 saturated carbocycles. The summed E-state index contributed by atoms with van der Waals surface area (Å²) in [6, 6.07) is 4.23. The van der Waals surface area contributed by atoms with Crippen molar-refractivity contribution in [3.05, 3.63) is 24.0 Å². The monoisotopic (exact) mass is 200 g/mol. The third-order valence-corrected chi connectivity index (χ3v) is 2.37. The lowest BCUT2D eigenvalue weighted by Gasteiger charge is -2.07. The third kappa shape index (κ3) is 1.42. The lowest BCUT2D eigenvalue weighted by atomic mass is 10.2. The summed E-state index contributed by atoms with van der Waals surface area (Å²) in [5.74, 6) is 0. The van der Waals surface area contributed by atoms with E-state index in [-0.39, 0.29) is 6.04 Å². The first kappa shape index (κ1) is 9.53. The maximum atomic E-state index is 8.99. The zero-order valence-corrected chi connectivity index (χ0v) is 8.73. The third-order valence-electron chi connectivity index (χ3n) is 2.37. The minimum absolute atomic E-state index is 0.283. The molecule has 76 valence electrons. The van der Waals surface area contributed by atoms with E-state index in [1.807, 2.05) is 10.8 Å². The van der Waals surface area contributed by atoms with E-state index in [2.05, 4.69) is 24.9 Å². The molecule has 0 spiro atoms. The van der Waals surface area contributed by atoms with Gasteiger partial charge in [-0.15, -0.1) is 0 Å². The number of nitrogen functional groups attached to an aromatic ring is 1. The highest BCUT2D eigenvalue weighted by Crippen LogP contribution is 2.23. The van der Waals surface area contributed by atoms with Crippen LogP contribution in [0.15, 0.2) is 18.5 Å². The number of pyridine rings is 1. The van der Waals surface area contributed by atoms with Gasteiger partial charge < -0.3 is 10.3 Å². The minimum Gasteiger partial charge on any atom is -0.397 e. The first-order chi connectivity index (χ1) is 7.13. The Morgan fingerprint density at radius 3 is 2.87 bits per heavy atom. The number of hydrogen-bond donors (Lipinski definition) is 1. The van der Waals surface area contributed by atoms with Crippen LogP contribution in [0.5, 0.6) is 0 Å². The molecule has 0 aliphatic carbocycles. The van der Waals surface area contributed by atoms with Crippen LogP contribution in [0.4, 0.5) is 5.69 Å². The van der Waals surface area contributed by atoms with Gasteiger partial charge in [0.15, 0.2) is 0 Å². The van der Waals surface area contributed by atoms with Gasteiger partial charge in [-0.3, -0.25) is 0 Å². The molecule has 0 aliphatic rings. The van der Waals surface area contributed by atoms with E-state index in [1.54, 1.807) is 12.3 Å². The van der Waals surface area contributed by atoms with Crippen molar-refractivity contribution in [3.63, 3.8) is 0 Å². The van der Waals surface area contributed by atoms with Gasteiger partial charge in [0.05, 0.1) is 17.4 Å². The SMILES string of the molecule is CC(C)n1cc(C#N)c2cc(N)cnc21. The lowest BCUT2D eigenvalue weighted by molar-refractivity contribution is 0.617. The summed E-state index contributed by atoms with van der Waals surface area (Å²) in [7, 11) is 0. The van der Waals surface area contributed by atoms with Gasteiger partial charge in [0.1, 0.15) is 11.7 Å². The van der Waals surface area contributed by atoms with Gasteiger partial charge in [-0.2, -0.15) is 5.26 Å². The van der Waals surface area contributed by atoms with Crippen molar-refractivity contribution in [2.75, 3.05) is 5.73 Å². The summed E-state index contributed by atoms with van der Waals surface area (Å²) in [5.41, 5.74) is 7.67. The number of fused-ring (bicyclic) bond motifs is 1. The summed E-state index contributed by atoms with van der Waals surface area (Å²) >= 11 is 0. The molecule has 0 amide bonds. The predicted molar refractivity (Wildman–Crippen MR) is 59.2 cm³/mol. The average Bonchev–Trinajstić information content (AvgIpc) is 2.55. The van der Waals surface area contributed by atoms with Crippen LogP contribution < -0.4 is 5.73 Å². The van der Waals surface area contributed by atoms with Gasteiger partial charge in [0, 0.05) is 17.6 Å². The second-order valence-electron chi connectivity index (χ2n) is 3.80. The van der Waals surface area contributed by atoms with E-state index in [0.29, 0.717) is 11.3 Å². The van der Waals surface area contributed by atoms with Gasteiger partial charge in [0.25, 0.3) is 0 Å². The van der Waals surface area contributed by atoms with Crippen LogP contribution in [0.25, 0.3) is 11.0 Å². The molecule has 2 heterocycles. The summed E-state index contributed by atoms with van der Waals surface area (Å²) in [5, 5.41) is 9.81. The number of nitriles is 1. The molecule has 0 bridgehead atoms. The lowest BCUT2D eigenvalue weighted by Crippen LogP contribution is -1.99. The normalized spacial score (nSPS) is 10.8. The molecule has 0 atom stereocenters. The molecule has 0 unspecified atom stereocenters. The Kier molecular flexibility index (Phi) is 2.09. The van der Waals surface area contributed by atoms with Crippen LogP contribution in [-0.4, -0.2) is 9.55 Å². The number of anilines is 1. The Balaban J connectivity index is 2.82. The summed E-state index contributed by atoms with van der Waals surface area (Å²) in [6.07, 6.45) is 3.43. The number of nitrogens with zero attached hydrogens (tertiary/aromatic N) is 3. The molecular formula is C11H12N4. The van der Waals surface area contributed by atoms with Crippen LogP contribution in [-0.2, 0) is 0 Å². The zero-order chi connectivity index (χ0) is 11.0. The smallest absolute Gasteiger partial charge is 0.141 e. The van der Waals surface area contributed by atoms with Crippen LogP contribution in [0, 0.1) is 11.3 Å². The molecule has 0 aromatic carbocycles. The highest BCUT2D eigenvalue weighted by atomic mass is 15.0. The largest absolute Gasteiger partial charge is 0.397 e. The number of aromatic nitrogens is 2. The first-order valence-electron chi connectivity index (χ1n) is 4.79. The first-order valence-corrected chi connectivity index (χ1v) is 4.79. The topological polar surface area (TPSA) is 67.6 Å². The van der Waals surface area contributed by atoms with E-state index in [1.165, 1.54) is 0 Å². The van der Waals surface area contributed by atoms with Gasteiger partial charge in [0.2, 0.25) is 0 Å². The Morgan fingerprint density at radius 2 is 2.27 bits per heavy atom. The fourth-order valence-corrected chi connectivity index (χ4v) is 1.63. The zero-order valence-electron chi connectivity index (χ0n) is 8.73. The molecular weight excluding hydrogens is 188 g/mol. The molecule has 2 aromatic heterocycles. The van der Waals surface area contributed by atoms with Gasteiger partial charge in [-0.05, 0) is 19.9 Å². The molecule has 2 aromatic rings. The molecule has 0 radical (unpaired) electrons. The molecule has 2 rings (SSSR count). The van der Waals surface area contributed by atoms with Crippen molar-refractivity contribution in [2.24, 2.45) is 0 Å². The van der Waals surface area contributed by atoms with Crippen molar-refractivity contribution in [2.45, 2.75) is 19.9 Å². The van der Waals surface area contributed by atoms with Crippen molar-refractivity contribution in [3.8, 4) is 6.07 Å². The predicted octanol–water partition coefficient (Wildman–Crippen LogP) is 2.07. The van der Waals surface area contributed by atoms with Crippen molar-refractivity contribution >= 4 is 16.7 Å². The fourth-order valence-electron chi connectivity index (χ4n) is 1.63. The number of nitrogens with two attached hydrogens (primary N) is 1. The Morgan fingerprint density at radius 1 is 1.53 bits per heavy atom. The van der Waals surface area contributed by atoms with E-state index >= 15 is 0 Å². The standard InChI is InChI=1S/C11H12N4/c1-7(2)15-6-8(4-12)10-3-9(13)5-14-11(10)15/h3,5-7H,13H2,1-2H3. The van der Waals surface area contributed by atoms with Crippen LogP contribution >= 0.6 is 0 Å². The Bertz CT molecular complexity index is 545. The quantitative estimate of drug-likeness (QED) is 0.766. The highest BCUT2D eigenvalue weighted by Gasteiger charge is 2.11. The molecule has 0 saturated heterocycles. The van der Waals surface area contributed by atoms with Gasteiger partial charge >= 0.3 is 0 Å². The van der Waals surface area contributed by atoms with E-state index in [0.717, 1.165) is 11.0 Å². The summed E-state index contributed by atoms with van der Waals surface area (Å²) < 4.78 is 1.98. The van der Waals surface area contributed by atoms with Crippen molar-refractivity contribution < 1.29 is 0 Å². The number of hydrogen-bond acceptors (Lipinski definition) is 3. The molecule has 0 fully saturated rings. The van der Waals surface area contributed by atoms with Crippen LogP contribution in [0.3, 0.4) is 0 Å².